The molecule has 3 rings (SSSR count). The van der Waals surface area contributed by atoms with Crippen molar-refractivity contribution in [2.75, 3.05) is 13.2 Å². The van der Waals surface area contributed by atoms with Gasteiger partial charge in [-0.3, -0.25) is 0 Å². The Hall–Kier alpha value is -0.120. The minimum absolute atomic E-state index is 0.249. The molecule has 1 spiro atoms. The van der Waals surface area contributed by atoms with Crippen molar-refractivity contribution in [3.8, 4) is 0 Å². The van der Waals surface area contributed by atoms with E-state index in [2.05, 4.69) is 26.1 Å². The Kier molecular flexibility index (Phi) is 5.16. The van der Waals surface area contributed by atoms with Gasteiger partial charge in [0.1, 0.15) is 0 Å². The number of hydrogen-bond acceptors (Lipinski definition) is 3. The van der Waals surface area contributed by atoms with Crippen molar-refractivity contribution in [3.05, 3.63) is 0 Å². The Morgan fingerprint density at radius 1 is 1.00 bits per heavy atom. The number of ether oxygens (including phenoxy) is 2. The quantitative estimate of drug-likeness (QED) is 0.845. The Morgan fingerprint density at radius 3 is 2.32 bits per heavy atom. The molecule has 0 amide bonds. The van der Waals surface area contributed by atoms with Crippen LogP contribution in [0.25, 0.3) is 0 Å². The van der Waals surface area contributed by atoms with Gasteiger partial charge in [0.2, 0.25) is 0 Å². The van der Waals surface area contributed by atoms with Crippen LogP contribution in [0.1, 0.15) is 78.6 Å². The minimum atomic E-state index is -0.249. The molecule has 0 aromatic carbocycles. The Bertz CT molecular complexity index is 349. The van der Waals surface area contributed by atoms with Gasteiger partial charge in [-0.1, -0.05) is 40.0 Å². The molecular formula is C19H35NO2. The molecule has 0 aromatic rings. The summed E-state index contributed by atoms with van der Waals surface area (Å²) in [4.78, 5) is 0. The maximum Gasteiger partial charge on any atom is 0.168 e. The smallest absolute Gasteiger partial charge is 0.168 e. The molecule has 3 nitrogen and oxygen atoms in total. The van der Waals surface area contributed by atoms with Crippen LogP contribution in [0.3, 0.4) is 0 Å². The lowest BCUT2D eigenvalue weighted by molar-refractivity contribution is -0.196. The largest absolute Gasteiger partial charge is 0.347 e. The SMILES string of the molecule is CC(C)(C)C1CCC2(CC1)OCC(CNC1CCCCC1)O2. The Labute approximate surface area is 136 Å². The molecule has 0 aromatic heterocycles. The van der Waals surface area contributed by atoms with E-state index in [1.165, 1.54) is 44.9 Å². The predicted octanol–water partition coefficient (Wildman–Crippen LogP) is 4.26. The average Bonchev–Trinajstić information content (AvgIpc) is 2.89. The van der Waals surface area contributed by atoms with Crippen LogP contribution in [0.15, 0.2) is 0 Å². The highest BCUT2D eigenvalue weighted by Gasteiger charge is 2.45. The van der Waals surface area contributed by atoms with E-state index in [1.54, 1.807) is 0 Å². The maximum absolute atomic E-state index is 6.36. The van der Waals surface area contributed by atoms with Crippen molar-refractivity contribution >= 4 is 0 Å². The van der Waals surface area contributed by atoms with Gasteiger partial charge in [-0.15, -0.1) is 0 Å². The third kappa shape index (κ3) is 4.04. The van der Waals surface area contributed by atoms with Crippen molar-refractivity contribution in [1.29, 1.82) is 0 Å². The summed E-state index contributed by atoms with van der Waals surface area (Å²) in [6.45, 7) is 8.84. The molecule has 0 radical (unpaired) electrons. The molecule has 22 heavy (non-hydrogen) atoms. The summed E-state index contributed by atoms with van der Waals surface area (Å²) in [7, 11) is 0. The lowest BCUT2D eigenvalue weighted by Crippen LogP contribution is -2.41. The standard InChI is InChI=1S/C19H35NO2/c1-18(2,3)15-9-11-19(12-10-15)21-14-17(22-19)13-20-16-7-5-4-6-8-16/h15-17,20H,4-14H2,1-3H3. The van der Waals surface area contributed by atoms with Crippen molar-refractivity contribution in [2.45, 2.75) is 96.5 Å². The van der Waals surface area contributed by atoms with Gasteiger partial charge < -0.3 is 14.8 Å². The second-order valence-electron chi connectivity index (χ2n) is 8.85. The maximum atomic E-state index is 6.36. The van der Waals surface area contributed by atoms with Crippen LogP contribution in [-0.4, -0.2) is 31.1 Å². The molecule has 1 N–H and O–H groups in total. The summed E-state index contributed by atoms with van der Waals surface area (Å²) in [5, 5.41) is 3.71. The predicted molar refractivity (Wildman–Crippen MR) is 89.8 cm³/mol. The van der Waals surface area contributed by atoms with Crippen LogP contribution in [0.4, 0.5) is 0 Å². The van der Waals surface area contributed by atoms with Gasteiger partial charge in [0.25, 0.3) is 0 Å². The molecule has 0 bridgehead atoms. The first-order valence-corrected chi connectivity index (χ1v) is 9.52. The third-order valence-corrected chi connectivity index (χ3v) is 6.13. The third-order valence-electron chi connectivity index (χ3n) is 6.13. The fourth-order valence-electron chi connectivity index (χ4n) is 4.51. The second kappa shape index (κ2) is 6.78. The van der Waals surface area contributed by atoms with Crippen LogP contribution < -0.4 is 5.32 Å². The zero-order chi connectivity index (χ0) is 15.6. The van der Waals surface area contributed by atoms with Gasteiger partial charge in [0.15, 0.2) is 5.79 Å². The van der Waals surface area contributed by atoms with Gasteiger partial charge in [-0.25, -0.2) is 0 Å². The fraction of sp³-hybridized carbons (Fsp3) is 1.00. The topological polar surface area (TPSA) is 30.5 Å². The average molecular weight is 309 g/mol. The van der Waals surface area contributed by atoms with Crippen LogP contribution in [0, 0.1) is 11.3 Å². The molecule has 1 unspecified atom stereocenters. The van der Waals surface area contributed by atoms with Gasteiger partial charge in [-0.2, -0.15) is 0 Å². The van der Waals surface area contributed by atoms with Gasteiger partial charge in [0.05, 0.1) is 12.7 Å². The Morgan fingerprint density at radius 2 is 1.68 bits per heavy atom. The van der Waals surface area contributed by atoms with E-state index in [-0.39, 0.29) is 11.9 Å². The second-order valence-corrected chi connectivity index (χ2v) is 8.85. The van der Waals surface area contributed by atoms with Crippen molar-refractivity contribution in [1.82, 2.24) is 5.32 Å². The highest BCUT2D eigenvalue weighted by Crippen LogP contribution is 2.45. The first kappa shape index (κ1) is 16.7. The summed E-state index contributed by atoms with van der Waals surface area (Å²) in [6, 6.07) is 0.713. The van der Waals surface area contributed by atoms with E-state index in [9.17, 15) is 0 Å². The van der Waals surface area contributed by atoms with Crippen LogP contribution in [-0.2, 0) is 9.47 Å². The lowest BCUT2D eigenvalue weighted by atomic mass is 9.71. The van der Waals surface area contributed by atoms with Crippen molar-refractivity contribution in [2.24, 2.45) is 11.3 Å². The lowest BCUT2D eigenvalue weighted by Gasteiger charge is -2.41. The van der Waals surface area contributed by atoms with E-state index in [0.29, 0.717) is 11.5 Å². The molecule has 1 aliphatic heterocycles. The molecule has 3 aliphatic rings. The molecule has 128 valence electrons. The van der Waals surface area contributed by atoms with Gasteiger partial charge in [-0.05, 0) is 37.0 Å². The summed E-state index contributed by atoms with van der Waals surface area (Å²) in [6.07, 6.45) is 11.8. The van der Waals surface area contributed by atoms with E-state index in [0.717, 1.165) is 31.9 Å². The molecular weight excluding hydrogens is 274 g/mol. The summed E-state index contributed by atoms with van der Waals surface area (Å²) < 4.78 is 12.5. The van der Waals surface area contributed by atoms with Gasteiger partial charge >= 0.3 is 0 Å². The summed E-state index contributed by atoms with van der Waals surface area (Å²) in [5.41, 5.74) is 0.419. The van der Waals surface area contributed by atoms with E-state index < -0.39 is 0 Å². The summed E-state index contributed by atoms with van der Waals surface area (Å²) in [5.74, 6) is 0.561. The Balaban J connectivity index is 1.42. The van der Waals surface area contributed by atoms with E-state index in [4.69, 9.17) is 9.47 Å². The van der Waals surface area contributed by atoms with E-state index >= 15 is 0 Å². The van der Waals surface area contributed by atoms with Crippen molar-refractivity contribution < 1.29 is 9.47 Å². The van der Waals surface area contributed by atoms with Crippen LogP contribution in [0.2, 0.25) is 0 Å². The normalized spacial score (nSPS) is 37.8. The van der Waals surface area contributed by atoms with Gasteiger partial charge in [0, 0.05) is 25.4 Å². The number of rotatable bonds is 3. The van der Waals surface area contributed by atoms with Crippen LogP contribution in [0.5, 0.6) is 0 Å². The molecule has 3 fully saturated rings. The zero-order valence-electron chi connectivity index (χ0n) is 14.8. The highest BCUT2D eigenvalue weighted by atomic mass is 16.7. The molecule has 1 saturated heterocycles. The molecule has 2 aliphatic carbocycles. The minimum Gasteiger partial charge on any atom is -0.347 e. The van der Waals surface area contributed by atoms with Crippen molar-refractivity contribution in [3.63, 3.8) is 0 Å². The fourth-order valence-corrected chi connectivity index (χ4v) is 4.51. The first-order valence-electron chi connectivity index (χ1n) is 9.52. The number of hydrogen-bond donors (Lipinski definition) is 1. The molecule has 1 heterocycles. The molecule has 3 heteroatoms. The monoisotopic (exact) mass is 309 g/mol. The van der Waals surface area contributed by atoms with E-state index in [1.807, 2.05) is 0 Å². The first-order chi connectivity index (χ1) is 10.5. The molecule has 1 atom stereocenters. The molecule has 2 saturated carbocycles. The number of nitrogens with one attached hydrogen (secondary N) is 1. The zero-order valence-corrected chi connectivity index (χ0v) is 14.8. The van der Waals surface area contributed by atoms with Crippen LogP contribution >= 0.6 is 0 Å². The summed E-state index contributed by atoms with van der Waals surface area (Å²) >= 11 is 0. The highest BCUT2D eigenvalue weighted by molar-refractivity contribution is 4.89.